The predicted octanol–water partition coefficient (Wildman–Crippen LogP) is 3.68. The van der Waals surface area contributed by atoms with Crippen molar-refractivity contribution in [2.45, 2.75) is 0 Å². The number of aromatic nitrogens is 3. The van der Waals surface area contributed by atoms with Crippen LogP contribution in [-0.2, 0) is 0 Å². The van der Waals surface area contributed by atoms with E-state index in [1.54, 1.807) is 11.9 Å². The van der Waals surface area contributed by atoms with E-state index < -0.39 is 0 Å². The zero-order valence-corrected chi connectivity index (χ0v) is 14.9. The Labute approximate surface area is 150 Å². The molecule has 1 saturated heterocycles. The quantitative estimate of drug-likeness (QED) is 0.723. The number of hydrogen-bond donors (Lipinski definition) is 1. The molecule has 2 aromatic heterocycles. The van der Waals surface area contributed by atoms with E-state index >= 15 is 0 Å². The topological polar surface area (TPSA) is 48.0 Å². The monoisotopic (exact) mass is 359 g/mol. The van der Waals surface area contributed by atoms with E-state index in [-0.39, 0.29) is 0 Å². The molecule has 0 unspecified atom stereocenters. The summed E-state index contributed by atoms with van der Waals surface area (Å²) < 4.78 is 2.37. The smallest absolute Gasteiger partial charge is 0.158 e. The highest BCUT2D eigenvalue weighted by Gasteiger charge is 2.19. The number of anilines is 1. The molecule has 1 N–H and O–H groups in total. The minimum Gasteiger partial charge on any atom is -0.354 e. The van der Waals surface area contributed by atoms with Crippen molar-refractivity contribution >= 4 is 40.4 Å². The Hall–Kier alpha value is -1.76. The van der Waals surface area contributed by atoms with Crippen LogP contribution < -0.4 is 4.90 Å². The normalized spacial score (nSPS) is 16.0. The van der Waals surface area contributed by atoms with Crippen molar-refractivity contribution in [2.75, 3.05) is 37.3 Å². The molecule has 1 aromatic carbocycles. The molecule has 0 saturated carbocycles. The molecule has 0 amide bonds. The summed E-state index contributed by atoms with van der Waals surface area (Å²) in [6.45, 7) is 4.00. The van der Waals surface area contributed by atoms with E-state index in [0.717, 1.165) is 43.0 Å². The molecule has 0 atom stereocenters. The van der Waals surface area contributed by atoms with E-state index in [0.29, 0.717) is 16.5 Å². The molecule has 124 valence electrons. The van der Waals surface area contributed by atoms with Crippen LogP contribution in [-0.4, -0.2) is 51.7 Å². The van der Waals surface area contributed by atoms with Crippen molar-refractivity contribution in [3.05, 3.63) is 41.4 Å². The van der Waals surface area contributed by atoms with Crippen LogP contribution in [0, 0.1) is 0 Å². The number of aromatic amines is 1. The minimum atomic E-state index is 0.612. The van der Waals surface area contributed by atoms with Crippen molar-refractivity contribution in [3.63, 3.8) is 0 Å². The molecule has 0 spiro atoms. The van der Waals surface area contributed by atoms with Gasteiger partial charge in [0, 0.05) is 26.2 Å². The average Bonchev–Trinajstić information content (AvgIpc) is 3.06. The summed E-state index contributed by atoms with van der Waals surface area (Å²) in [5.41, 5.74) is 2.62. The van der Waals surface area contributed by atoms with Crippen LogP contribution in [0.15, 0.2) is 36.4 Å². The maximum Gasteiger partial charge on any atom is 0.158 e. The van der Waals surface area contributed by atoms with Gasteiger partial charge in [0.25, 0.3) is 0 Å². The van der Waals surface area contributed by atoms with Gasteiger partial charge < -0.3 is 9.88 Å². The molecule has 1 aliphatic rings. The first kappa shape index (κ1) is 15.7. The number of nitrogens with one attached hydrogen (secondary N) is 1. The number of piperazine rings is 1. The number of imidazole rings is 1. The first-order valence-electron chi connectivity index (χ1n) is 7.90. The van der Waals surface area contributed by atoms with Gasteiger partial charge in [0.15, 0.2) is 5.82 Å². The fraction of sp³-hybridized carbons (Fsp3) is 0.294. The first-order valence-corrected chi connectivity index (χ1v) is 9.46. The van der Waals surface area contributed by atoms with Gasteiger partial charge in [-0.1, -0.05) is 35.7 Å². The number of benzene rings is 1. The Bertz CT molecular complexity index is 824. The number of rotatable bonds is 3. The summed E-state index contributed by atoms with van der Waals surface area (Å²) in [7, 11) is 0. The van der Waals surface area contributed by atoms with Gasteiger partial charge in [-0.15, -0.1) is 0 Å². The minimum absolute atomic E-state index is 0.612. The number of hydrogen-bond acceptors (Lipinski definition) is 5. The summed E-state index contributed by atoms with van der Waals surface area (Å²) in [6.07, 6.45) is 2.12. The lowest BCUT2D eigenvalue weighted by molar-refractivity contribution is 0.429. The molecule has 1 aliphatic heterocycles. The lowest BCUT2D eigenvalue weighted by atomic mass is 10.3. The molecule has 0 bridgehead atoms. The summed E-state index contributed by atoms with van der Waals surface area (Å²) >= 11 is 8.19. The fourth-order valence-electron chi connectivity index (χ4n) is 2.94. The second-order valence-electron chi connectivity index (χ2n) is 5.70. The highest BCUT2D eigenvalue weighted by molar-refractivity contribution is 7.96. The second kappa shape index (κ2) is 6.63. The van der Waals surface area contributed by atoms with E-state index in [1.165, 1.54) is 0 Å². The molecule has 24 heavy (non-hydrogen) atoms. The van der Waals surface area contributed by atoms with Crippen LogP contribution in [0.2, 0.25) is 5.02 Å². The van der Waals surface area contributed by atoms with Gasteiger partial charge >= 0.3 is 0 Å². The summed E-state index contributed by atoms with van der Waals surface area (Å²) in [5.74, 6) is 1.67. The third kappa shape index (κ3) is 2.97. The Balaban J connectivity index is 1.66. The molecule has 1 fully saturated rings. The van der Waals surface area contributed by atoms with Crippen LogP contribution in [0.3, 0.4) is 0 Å². The predicted molar refractivity (Wildman–Crippen MR) is 102 cm³/mol. The second-order valence-corrected chi connectivity index (χ2v) is 6.99. The SMILES string of the molecule is CSN1CCN(c2ccc(Cl)c(-c3nc4ccccc4[nH]3)n2)CC1. The van der Waals surface area contributed by atoms with Crippen molar-refractivity contribution in [3.8, 4) is 11.5 Å². The Morgan fingerprint density at radius 2 is 1.83 bits per heavy atom. The Morgan fingerprint density at radius 3 is 2.58 bits per heavy atom. The van der Waals surface area contributed by atoms with Gasteiger partial charge in [-0.05, 0) is 30.5 Å². The van der Waals surface area contributed by atoms with E-state index in [4.69, 9.17) is 16.6 Å². The van der Waals surface area contributed by atoms with Gasteiger partial charge in [-0.25, -0.2) is 14.3 Å². The van der Waals surface area contributed by atoms with E-state index in [2.05, 4.69) is 25.4 Å². The maximum atomic E-state index is 6.39. The Morgan fingerprint density at radius 1 is 1.04 bits per heavy atom. The van der Waals surface area contributed by atoms with E-state index in [1.807, 2.05) is 36.4 Å². The third-order valence-electron chi connectivity index (χ3n) is 4.27. The van der Waals surface area contributed by atoms with Gasteiger partial charge in [0.05, 0.1) is 16.1 Å². The molecule has 5 nitrogen and oxygen atoms in total. The van der Waals surface area contributed by atoms with Gasteiger partial charge in [-0.3, -0.25) is 0 Å². The highest BCUT2D eigenvalue weighted by atomic mass is 35.5. The van der Waals surface area contributed by atoms with Crippen LogP contribution in [0.1, 0.15) is 0 Å². The first-order chi connectivity index (χ1) is 11.7. The zero-order chi connectivity index (χ0) is 16.5. The Kier molecular flexibility index (Phi) is 4.35. The van der Waals surface area contributed by atoms with Crippen molar-refractivity contribution in [1.29, 1.82) is 0 Å². The third-order valence-corrected chi connectivity index (χ3v) is 5.45. The van der Waals surface area contributed by atoms with Crippen molar-refractivity contribution < 1.29 is 0 Å². The van der Waals surface area contributed by atoms with Crippen molar-refractivity contribution in [2.24, 2.45) is 0 Å². The number of H-pyrrole nitrogens is 1. The maximum absolute atomic E-state index is 6.39. The van der Waals surface area contributed by atoms with Gasteiger partial charge in [0.2, 0.25) is 0 Å². The standard InChI is InChI=1S/C17H18ClN5S/c1-24-23-10-8-22(9-11-23)15-7-6-12(18)16(21-15)17-19-13-4-2-3-5-14(13)20-17/h2-7H,8-11H2,1H3,(H,19,20). The molecular weight excluding hydrogens is 342 g/mol. The molecular formula is C17H18ClN5S. The molecule has 3 heterocycles. The summed E-state index contributed by atoms with van der Waals surface area (Å²) in [5, 5.41) is 0.612. The van der Waals surface area contributed by atoms with Gasteiger partial charge in [0.1, 0.15) is 11.5 Å². The molecule has 4 rings (SSSR count). The van der Waals surface area contributed by atoms with Crippen LogP contribution in [0.25, 0.3) is 22.6 Å². The fourth-order valence-corrected chi connectivity index (χ4v) is 3.66. The van der Waals surface area contributed by atoms with Crippen molar-refractivity contribution in [1.82, 2.24) is 19.3 Å². The zero-order valence-electron chi connectivity index (χ0n) is 13.4. The van der Waals surface area contributed by atoms with Crippen LogP contribution >= 0.6 is 23.5 Å². The van der Waals surface area contributed by atoms with Gasteiger partial charge in [-0.2, -0.15) is 0 Å². The molecule has 7 heteroatoms. The molecule has 0 aliphatic carbocycles. The molecule has 0 radical (unpaired) electrons. The lowest BCUT2D eigenvalue weighted by Gasteiger charge is -2.34. The number of fused-ring (bicyclic) bond motifs is 1. The summed E-state index contributed by atoms with van der Waals surface area (Å²) in [4.78, 5) is 15.0. The van der Waals surface area contributed by atoms with Crippen LogP contribution in [0.5, 0.6) is 0 Å². The number of nitrogens with zero attached hydrogens (tertiary/aromatic N) is 4. The van der Waals surface area contributed by atoms with Crippen LogP contribution in [0.4, 0.5) is 5.82 Å². The number of pyridine rings is 1. The van der Waals surface area contributed by atoms with E-state index in [9.17, 15) is 0 Å². The lowest BCUT2D eigenvalue weighted by Crippen LogP contribution is -2.43. The average molecular weight is 360 g/mol. The number of halogens is 1. The molecule has 3 aromatic rings. The highest BCUT2D eigenvalue weighted by Crippen LogP contribution is 2.29. The largest absolute Gasteiger partial charge is 0.354 e. The summed E-state index contributed by atoms with van der Waals surface area (Å²) in [6, 6.07) is 11.8. The number of para-hydroxylation sites is 2.